The molecule has 6 heteroatoms. The van der Waals surface area contributed by atoms with Crippen molar-refractivity contribution in [2.24, 2.45) is 0 Å². The average Bonchev–Trinajstić information content (AvgIpc) is 2.08. The maximum absolute atomic E-state index is 10.5. The smallest absolute Gasteiger partial charge is 0.180 e. The molecule has 0 spiro atoms. The average molecular weight is 146 g/mol. The van der Waals surface area contributed by atoms with Crippen molar-refractivity contribution in [1.82, 2.24) is 15.2 Å². The van der Waals surface area contributed by atoms with Gasteiger partial charge in [0.1, 0.15) is 5.16 Å². The van der Waals surface area contributed by atoms with Crippen molar-refractivity contribution in [2.45, 2.75) is 5.16 Å². The summed E-state index contributed by atoms with van der Waals surface area (Å²) in [6, 6.07) is 0. The Hall–Kier alpha value is -0.910. The summed E-state index contributed by atoms with van der Waals surface area (Å²) in [7, 11) is -3.24. The minimum atomic E-state index is -3.24. The largest absolute Gasteiger partial charge is 0.356 e. The van der Waals surface area contributed by atoms with Gasteiger partial charge in [-0.15, -0.1) is 0 Å². The number of rotatable bonds is 1. The fourth-order valence-electron chi connectivity index (χ4n) is 0.346. The third-order valence-electron chi connectivity index (χ3n) is 0.695. The Balaban J connectivity index is 3.20. The number of aromatic nitrogens is 3. The van der Waals surface area contributed by atoms with E-state index in [1.54, 1.807) is 0 Å². The van der Waals surface area contributed by atoms with E-state index in [0.29, 0.717) is 0 Å². The van der Waals surface area contributed by atoms with Gasteiger partial charge in [0.25, 0.3) is 0 Å². The highest BCUT2D eigenvalue weighted by atomic mass is 32.2. The van der Waals surface area contributed by atoms with Crippen LogP contribution in [0.25, 0.3) is 0 Å². The van der Waals surface area contributed by atoms with E-state index in [9.17, 15) is 8.42 Å². The molecule has 9 heavy (non-hydrogen) atoms. The summed E-state index contributed by atoms with van der Waals surface area (Å²) < 4.78 is 21.1. The van der Waals surface area contributed by atoms with Crippen LogP contribution in [0.5, 0.6) is 0 Å². The quantitative estimate of drug-likeness (QED) is 0.499. The fourth-order valence-corrected chi connectivity index (χ4v) is 0.780. The van der Waals surface area contributed by atoms with Gasteiger partial charge in [-0.1, -0.05) is 0 Å². The van der Waals surface area contributed by atoms with Crippen LogP contribution in [-0.4, -0.2) is 24.9 Å². The zero-order valence-electron chi connectivity index (χ0n) is 4.64. The molecule has 1 heterocycles. The first-order valence-electron chi connectivity index (χ1n) is 2.11. The number of sulfone groups is 1. The van der Waals surface area contributed by atoms with Crippen LogP contribution in [0.15, 0.2) is 11.5 Å². The minimum Gasteiger partial charge on any atom is -0.356 e. The van der Waals surface area contributed by atoms with Gasteiger partial charge in [-0.05, 0) is 6.33 Å². The predicted molar refractivity (Wildman–Crippen MR) is 28.5 cm³/mol. The van der Waals surface area contributed by atoms with Gasteiger partial charge in [-0.25, -0.2) is 8.42 Å². The highest BCUT2D eigenvalue weighted by molar-refractivity contribution is 7.90. The molecule has 0 aliphatic rings. The van der Waals surface area contributed by atoms with Crippen LogP contribution < -0.4 is 4.98 Å². The molecule has 0 fully saturated rings. The van der Waals surface area contributed by atoms with Crippen molar-refractivity contribution in [3.8, 4) is 0 Å². The fraction of sp³-hybridized carbons (Fsp3) is 0.333. The third kappa shape index (κ3) is 1.26. The van der Waals surface area contributed by atoms with Crippen LogP contribution in [0, 0.1) is 0 Å². The molecular formula is C3H4N3O2S-. The second-order valence-electron chi connectivity index (χ2n) is 1.51. The Morgan fingerprint density at radius 3 is 2.56 bits per heavy atom. The zero-order chi connectivity index (χ0) is 6.91. The molecule has 0 N–H and O–H groups in total. The number of hydrogen-bond donors (Lipinski definition) is 0. The Kier molecular flexibility index (Phi) is 1.24. The Morgan fingerprint density at radius 1 is 1.67 bits per heavy atom. The molecule has 1 rings (SSSR count). The summed E-state index contributed by atoms with van der Waals surface area (Å²) in [6.07, 6.45) is 2.13. The number of hydrogen-bond acceptors (Lipinski definition) is 4. The van der Waals surface area contributed by atoms with Crippen LogP contribution in [0.2, 0.25) is 0 Å². The molecule has 0 radical (unpaired) electrons. The molecule has 0 aliphatic carbocycles. The lowest BCUT2D eigenvalue weighted by Crippen LogP contribution is -2.00. The van der Waals surface area contributed by atoms with Crippen LogP contribution in [0.3, 0.4) is 0 Å². The van der Waals surface area contributed by atoms with E-state index in [2.05, 4.69) is 15.2 Å². The van der Waals surface area contributed by atoms with Gasteiger partial charge >= 0.3 is 0 Å². The van der Waals surface area contributed by atoms with Crippen LogP contribution in [0.4, 0.5) is 0 Å². The van der Waals surface area contributed by atoms with Crippen LogP contribution >= 0.6 is 0 Å². The van der Waals surface area contributed by atoms with E-state index in [-0.39, 0.29) is 5.16 Å². The first-order chi connectivity index (χ1) is 4.11. The van der Waals surface area contributed by atoms with Crippen LogP contribution in [-0.2, 0) is 9.84 Å². The molecule has 0 aromatic carbocycles. The van der Waals surface area contributed by atoms with E-state index in [1.807, 2.05) is 0 Å². The van der Waals surface area contributed by atoms with Crippen molar-refractivity contribution in [2.75, 3.05) is 6.26 Å². The first-order valence-corrected chi connectivity index (χ1v) is 4.00. The summed E-state index contributed by atoms with van der Waals surface area (Å²) in [5.41, 5.74) is 0. The van der Waals surface area contributed by atoms with E-state index < -0.39 is 9.84 Å². The molecule has 0 saturated carbocycles. The lowest BCUT2D eigenvalue weighted by Gasteiger charge is -1.92. The maximum atomic E-state index is 10.5. The summed E-state index contributed by atoms with van der Waals surface area (Å²) in [5.74, 6) is 0. The van der Waals surface area contributed by atoms with Crippen molar-refractivity contribution < 1.29 is 8.42 Å². The van der Waals surface area contributed by atoms with E-state index in [1.165, 1.54) is 0 Å². The molecule has 1 aromatic rings. The monoisotopic (exact) mass is 146 g/mol. The van der Waals surface area contributed by atoms with Gasteiger partial charge < -0.3 is 15.2 Å². The Bertz CT molecular complexity index is 274. The summed E-state index contributed by atoms with van der Waals surface area (Å²) in [4.78, 5) is 3.38. The molecule has 0 atom stereocenters. The minimum absolute atomic E-state index is 0.220. The van der Waals surface area contributed by atoms with Gasteiger partial charge in [-0.2, -0.15) is 0 Å². The van der Waals surface area contributed by atoms with Crippen molar-refractivity contribution in [3.63, 3.8) is 0 Å². The summed E-state index contributed by atoms with van der Waals surface area (Å²) in [5, 5.41) is 6.27. The van der Waals surface area contributed by atoms with Gasteiger partial charge in [0.05, 0.1) is 0 Å². The molecule has 50 valence electrons. The lowest BCUT2D eigenvalue weighted by molar-refractivity contribution is 0.593. The molecule has 0 unspecified atom stereocenters. The van der Waals surface area contributed by atoms with E-state index in [0.717, 1.165) is 12.6 Å². The van der Waals surface area contributed by atoms with Gasteiger partial charge in [0, 0.05) is 6.26 Å². The van der Waals surface area contributed by atoms with Crippen molar-refractivity contribution in [1.29, 1.82) is 0 Å². The highest BCUT2D eigenvalue weighted by Gasteiger charge is 2.00. The molecule has 0 bridgehead atoms. The van der Waals surface area contributed by atoms with E-state index >= 15 is 0 Å². The van der Waals surface area contributed by atoms with E-state index in [4.69, 9.17) is 0 Å². The Morgan fingerprint density at radius 2 is 2.33 bits per heavy atom. The second kappa shape index (κ2) is 1.80. The summed E-state index contributed by atoms with van der Waals surface area (Å²) in [6.45, 7) is 0. The van der Waals surface area contributed by atoms with Crippen LogP contribution in [0.1, 0.15) is 0 Å². The van der Waals surface area contributed by atoms with Crippen molar-refractivity contribution >= 4 is 9.84 Å². The third-order valence-corrected chi connectivity index (χ3v) is 1.55. The van der Waals surface area contributed by atoms with Crippen molar-refractivity contribution in [3.05, 3.63) is 6.33 Å². The SMILES string of the molecule is CS(=O)(=O)c1nnc[n-]1. The predicted octanol–water partition coefficient (Wildman–Crippen LogP) is -1.16. The molecular weight excluding hydrogens is 142 g/mol. The normalized spacial score (nSPS) is 11.7. The Labute approximate surface area is 52.0 Å². The van der Waals surface area contributed by atoms with Gasteiger partial charge in [0.2, 0.25) is 0 Å². The van der Waals surface area contributed by atoms with Gasteiger partial charge in [-0.3, -0.25) is 0 Å². The second-order valence-corrected chi connectivity index (χ2v) is 3.42. The first kappa shape index (κ1) is 6.21. The topological polar surface area (TPSA) is 74.0 Å². The zero-order valence-corrected chi connectivity index (χ0v) is 5.46. The maximum Gasteiger partial charge on any atom is 0.180 e. The summed E-state index contributed by atoms with van der Waals surface area (Å²) >= 11 is 0. The number of nitrogens with zero attached hydrogens (tertiary/aromatic N) is 3. The lowest BCUT2D eigenvalue weighted by atomic mass is 11.3. The standard InChI is InChI=1S/C3H4N3O2S/c1-9(7,8)3-4-2-5-6-3/h2H,1H3/q-1. The molecule has 1 aromatic heterocycles. The molecule has 0 aliphatic heterocycles. The molecule has 0 saturated heterocycles. The van der Waals surface area contributed by atoms with Gasteiger partial charge in [0.15, 0.2) is 9.84 Å². The molecule has 0 amide bonds. The highest BCUT2D eigenvalue weighted by Crippen LogP contribution is 1.93. The molecule has 5 nitrogen and oxygen atoms in total.